The largest absolute Gasteiger partial charge is 0.494 e. The van der Waals surface area contributed by atoms with Gasteiger partial charge >= 0.3 is 0 Å². The number of nitrogens with zero attached hydrogens (tertiary/aromatic N) is 1. The predicted octanol–water partition coefficient (Wildman–Crippen LogP) is 3.52. The van der Waals surface area contributed by atoms with Crippen LogP contribution in [0.3, 0.4) is 0 Å². The molecular formula is C18H17N3O3S2. The molecule has 0 fully saturated rings. The van der Waals surface area contributed by atoms with Crippen LogP contribution in [-0.4, -0.2) is 29.2 Å². The lowest BCUT2D eigenvalue weighted by molar-refractivity contribution is -0.113. The number of thioether (sulfide) groups is 1. The monoisotopic (exact) mass is 387 g/mol. The van der Waals surface area contributed by atoms with Crippen molar-refractivity contribution in [3.63, 3.8) is 0 Å². The van der Waals surface area contributed by atoms with Crippen LogP contribution in [0.15, 0.2) is 46.8 Å². The minimum absolute atomic E-state index is 0.143. The second-order valence-electron chi connectivity index (χ2n) is 5.32. The Morgan fingerprint density at radius 1 is 1.23 bits per heavy atom. The van der Waals surface area contributed by atoms with Crippen LogP contribution in [0.1, 0.15) is 17.3 Å². The first kappa shape index (κ1) is 18.2. The average Bonchev–Trinajstić information content (AvgIpc) is 3.03. The van der Waals surface area contributed by atoms with Crippen LogP contribution in [-0.2, 0) is 4.79 Å². The van der Waals surface area contributed by atoms with E-state index in [9.17, 15) is 9.59 Å². The van der Waals surface area contributed by atoms with Gasteiger partial charge in [-0.05, 0) is 49.4 Å². The fourth-order valence-corrected chi connectivity index (χ4v) is 4.14. The van der Waals surface area contributed by atoms with Gasteiger partial charge < -0.3 is 15.8 Å². The van der Waals surface area contributed by atoms with E-state index in [4.69, 9.17) is 10.5 Å². The Bertz CT molecular complexity index is 939. The number of amides is 2. The van der Waals surface area contributed by atoms with Crippen LogP contribution in [0.5, 0.6) is 5.75 Å². The van der Waals surface area contributed by atoms with Crippen molar-refractivity contribution in [1.82, 2.24) is 4.98 Å². The van der Waals surface area contributed by atoms with Crippen molar-refractivity contribution >= 4 is 50.8 Å². The molecule has 0 saturated heterocycles. The normalized spacial score (nSPS) is 10.7. The molecular weight excluding hydrogens is 370 g/mol. The van der Waals surface area contributed by atoms with E-state index in [0.29, 0.717) is 17.9 Å². The van der Waals surface area contributed by atoms with E-state index in [2.05, 4.69) is 10.3 Å². The molecule has 0 aliphatic carbocycles. The molecule has 26 heavy (non-hydrogen) atoms. The zero-order chi connectivity index (χ0) is 18.5. The summed E-state index contributed by atoms with van der Waals surface area (Å²) in [6, 6.07) is 12.2. The van der Waals surface area contributed by atoms with Crippen molar-refractivity contribution in [3.8, 4) is 5.75 Å². The summed E-state index contributed by atoms with van der Waals surface area (Å²) >= 11 is 2.91. The summed E-state index contributed by atoms with van der Waals surface area (Å²) in [5.41, 5.74) is 7.10. The van der Waals surface area contributed by atoms with E-state index in [0.717, 1.165) is 20.3 Å². The van der Waals surface area contributed by atoms with Crippen molar-refractivity contribution in [2.24, 2.45) is 5.73 Å². The molecule has 0 aliphatic heterocycles. The first-order valence-electron chi connectivity index (χ1n) is 7.91. The fraction of sp³-hybridized carbons (Fsp3) is 0.167. The SMILES string of the molecule is CCOc1ccc2nc(SCC(=O)Nc3ccc(C(N)=O)cc3)sc2c1. The lowest BCUT2D eigenvalue weighted by Crippen LogP contribution is -2.14. The zero-order valence-electron chi connectivity index (χ0n) is 14.0. The summed E-state index contributed by atoms with van der Waals surface area (Å²) in [5, 5.41) is 2.78. The number of anilines is 1. The van der Waals surface area contributed by atoms with E-state index in [1.54, 1.807) is 24.3 Å². The Kier molecular flexibility index (Phi) is 5.75. The maximum absolute atomic E-state index is 12.1. The Balaban J connectivity index is 1.58. The Hall–Kier alpha value is -2.58. The quantitative estimate of drug-likeness (QED) is 0.605. The third-order valence-corrected chi connectivity index (χ3v) is 5.59. The number of hydrogen-bond donors (Lipinski definition) is 2. The molecule has 0 spiro atoms. The van der Waals surface area contributed by atoms with Crippen LogP contribution in [0.4, 0.5) is 5.69 Å². The Labute approximate surface area is 158 Å². The number of thiazole rings is 1. The molecule has 2 aromatic carbocycles. The molecule has 0 atom stereocenters. The number of nitrogens with two attached hydrogens (primary N) is 1. The highest BCUT2D eigenvalue weighted by atomic mass is 32.2. The van der Waals surface area contributed by atoms with Gasteiger partial charge in [0, 0.05) is 11.3 Å². The van der Waals surface area contributed by atoms with Crippen molar-refractivity contribution in [2.45, 2.75) is 11.3 Å². The summed E-state index contributed by atoms with van der Waals surface area (Å²) in [4.78, 5) is 27.7. The highest BCUT2D eigenvalue weighted by molar-refractivity contribution is 8.01. The first-order chi connectivity index (χ1) is 12.5. The maximum atomic E-state index is 12.1. The lowest BCUT2D eigenvalue weighted by atomic mass is 10.2. The molecule has 3 N–H and O–H groups in total. The maximum Gasteiger partial charge on any atom is 0.248 e. The van der Waals surface area contributed by atoms with Gasteiger partial charge in [-0.3, -0.25) is 9.59 Å². The van der Waals surface area contributed by atoms with Gasteiger partial charge in [-0.1, -0.05) is 11.8 Å². The summed E-state index contributed by atoms with van der Waals surface area (Å²) in [7, 11) is 0. The number of ether oxygens (including phenoxy) is 1. The fourth-order valence-electron chi connectivity index (χ4n) is 2.24. The molecule has 3 aromatic rings. The number of primary amides is 1. The Morgan fingerprint density at radius 3 is 2.69 bits per heavy atom. The van der Waals surface area contributed by atoms with Gasteiger partial charge in [0.15, 0.2) is 4.34 Å². The number of hydrogen-bond acceptors (Lipinski definition) is 6. The van der Waals surface area contributed by atoms with Crippen LogP contribution < -0.4 is 15.8 Å². The highest BCUT2D eigenvalue weighted by Crippen LogP contribution is 2.31. The van der Waals surface area contributed by atoms with Gasteiger partial charge in [-0.15, -0.1) is 11.3 Å². The van der Waals surface area contributed by atoms with Gasteiger partial charge in [0.05, 0.1) is 22.6 Å². The number of aromatic nitrogens is 1. The van der Waals surface area contributed by atoms with Crippen molar-refractivity contribution < 1.29 is 14.3 Å². The number of nitrogens with one attached hydrogen (secondary N) is 1. The van der Waals surface area contributed by atoms with Crippen LogP contribution in [0, 0.1) is 0 Å². The third kappa shape index (κ3) is 4.53. The second kappa shape index (κ2) is 8.20. The molecule has 0 unspecified atom stereocenters. The van der Waals surface area contributed by atoms with Crippen LogP contribution in [0.25, 0.3) is 10.2 Å². The average molecular weight is 387 g/mol. The molecule has 6 nitrogen and oxygen atoms in total. The van der Waals surface area contributed by atoms with Crippen molar-refractivity contribution in [3.05, 3.63) is 48.0 Å². The molecule has 134 valence electrons. The van der Waals surface area contributed by atoms with Gasteiger partial charge in [-0.25, -0.2) is 4.98 Å². The van der Waals surface area contributed by atoms with Crippen molar-refractivity contribution in [1.29, 1.82) is 0 Å². The van der Waals surface area contributed by atoms with Gasteiger partial charge in [0.1, 0.15) is 5.75 Å². The minimum Gasteiger partial charge on any atom is -0.494 e. The molecule has 0 saturated carbocycles. The van der Waals surface area contributed by atoms with E-state index < -0.39 is 5.91 Å². The summed E-state index contributed by atoms with van der Waals surface area (Å²) < 4.78 is 7.35. The molecule has 3 rings (SSSR count). The van der Waals surface area contributed by atoms with Crippen LogP contribution >= 0.6 is 23.1 Å². The minimum atomic E-state index is -0.498. The summed E-state index contributed by atoms with van der Waals surface area (Å²) in [5.74, 6) is 0.422. The molecule has 1 heterocycles. The molecule has 0 bridgehead atoms. The molecule has 0 radical (unpaired) electrons. The van der Waals surface area contributed by atoms with E-state index in [1.165, 1.54) is 23.1 Å². The summed E-state index contributed by atoms with van der Waals surface area (Å²) in [6.07, 6.45) is 0. The van der Waals surface area contributed by atoms with E-state index in [-0.39, 0.29) is 11.7 Å². The predicted molar refractivity (Wildman–Crippen MR) is 105 cm³/mol. The van der Waals surface area contributed by atoms with Gasteiger partial charge in [0.2, 0.25) is 11.8 Å². The molecule has 1 aromatic heterocycles. The van der Waals surface area contributed by atoms with Gasteiger partial charge in [0.25, 0.3) is 0 Å². The standard InChI is InChI=1S/C18H17N3O3S2/c1-2-24-13-7-8-14-15(9-13)26-18(21-14)25-10-16(22)20-12-5-3-11(4-6-12)17(19)23/h3-9H,2,10H2,1H3,(H2,19,23)(H,20,22). The highest BCUT2D eigenvalue weighted by Gasteiger charge is 2.09. The van der Waals surface area contributed by atoms with E-state index in [1.807, 2.05) is 25.1 Å². The van der Waals surface area contributed by atoms with Crippen LogP contribution in [0.2, 0.25) is 0 Å². The lowest BCUT2D eigenvalue weighted by Gasteiger charge is -2.04. The third-order valence-electron chi connectivity index (χ3n) is 3.43. The summed E-state index contributed by atoms with van der Waals surface area (Å²) in [6.45, 7) is 2.56. The number of rotatable bonds is 7. The first-order valence-corrected chi connectivity index (χ1v) is 9.71. The number of carbonyl (C=O) groups is 2. The van der Waals surface area contributed by atoms with Gasteiger partial charge in [-0.2, -0.15) is 0 Å². The molecule has 0 aliphatic rings. The number of fused-ring (bicyclic) bond motifs is 1. The number of carbonyl (C=O) groups excluding carboxylic acids is 2. The molecule has 2 amide bonds. The molecule has 8 heteroatoms. The smallest absolute Gasteiger partial charge is 0.248 e. The second-order valence-corrected chi connectivity index (χ2v) is 7.57. The van der Waals surface area contributed by atoms with Crippen molar-refractivity contribution in [2.75, 3.05) is 17.7 Å². The Morgan fingerprint density at radius 2 is 2.00 bits per heavy atom. The topological polar surface area (TPSA) is 94.3 Å². The van der Waals surface area contributed by atoms with E-state index >= 15 is 0 Å². The number of benzene rings is 2. The zero-order valence-corrected chi connectivity index (χ0v) is 15.7.